The largest absolute Gasteiger partial charge is 0.457 e. The van der Waals surface area contributed by atoms with Gasteiger partial charge in [-0.25, -0.2) is 0 Å². The number of fused-ring (bicyclic) bond motifs is 16. The van der Waals surface area contributed by atoms with Crippen molar-refractivity contribution in [3.05, 3.63) is 443 Å². The summed E-state index contributed by atoms with van der Waals surface area (Å²) in [5.41, 5.74) is 25.3. The van der Waals surface area contributed by atoms with Gasteiger partial charge in [0.2, 0.25) is 0 Å². The van der Waals surface area contributed by atoms with Crippen molar-refractivity contribution >= 4 is 34.1 Å². The number of anilines is 6. The molecule has 0 aromatic heterocycles. The van der Waals surface area contributed by atoms with Crippen molar-refractivity contribution < 1.29 is 9.47 Å². The highest BCUT2D eigenvalue weighted by atomic mass is 16.5. The Kier molecular flexibility index (Phi) is 12.9. The summed E-state index contributed by atoms with van der Waals surface area (Å²) in [6, 6.07) is 138. The molecule has 456 valence electrons. The van der Waals surface area contributed by atoms with Gasteiger partial charge in [-0.2, -0.15) is 0 Å². The van der Waals surface area contributed by atoms with Crippen molar-refractivity contribution in [2.75, 3.05) is 9.80 Å². The van der Waals surface area contributed by atoms with E-state index in [1.54, 1.807) is 0 Å². The first-order valence-electron chi connectivity index (χ1n) is 33.5. The molecule has 0 amide bonds. The first-order valence-corrected chi connectivity index (χ1v) is 33.5. The standard InChI is InChI=1S/C93H62N2O2/c1-4-27-63(28-5-1)64-53-57-72(58-54-64)94(86-49-26-46-83-90(86)97-89-52-23-18-45-82(89)93(83)80-43-16-21-50-87(80)96-88-51-22-17-44-81(88)93)73-59-55-65(56-60-73)66-29-24-30-67(61-66)68-31-25-34-70(62-68)91(69-32-6-2-7-33-69)74-37-10-12-39-76(74)92(77-40-13-11-38-75(77)91)78-41-14-19-47-84(78)95(71-35-8-3-9-36-71)85-48-20-15-42-79(85)92/h1-62H. The van der Waals surface area contributed by atoms with Crippen LogP contribution in [-0.2, 0) is 16.2 Å². The summed E-state index contributed by atoms with van der Waals surface area (Å²) in [5, 5.41) is 0. The maximum absolute atomic E-state index is 7.33. The van der Waals surface area contributed by atoms with Crippen LogP contribution in [0.15, 0.2) is 376 Å². The zero-order chi connectivity index (χ0) is 64.1. The monoisotopic (exact) mass is 1240 g/mol. The Morgan fingerprint density at radius 1 is 0.227 bits per heavy atom. The summed E-state index contributed by atoms with van der Waals surface area (Å²) < 4.78 is 14.1. The molecule has 0 N–H and O–H groups in total. The summed E-state index contributed by atoms with van der Waals surface area (Å²) in [6.07, 6.45) is 0. The van der Waals surface area contributed by atoms with E-state index in [2.05, 4.69) is 386 Å². The number of hydrogen-bond acceptors (Lipinski definition) is 4. The maximum Gasteiger partial charge on any atom is 0.156 e. The average molecular weight is 1240 g/mol. The van der Waals surface area contributed by atoms with Crippen molar-refractivity contribution in [1.29, 1.82) is 0 Å². The SMILES string of the molecule is c1ccc(-c2ccc(N(c3ccc(-c4cccc(-c5cccc(C6(c7ccccc7)c7ccccc7C7(c8ccccc8N(c8ccccc8)c8ccccc87)c7ccccc76)c5)c4)cc3)c3cccc4c3Oc3ccccc3C43c4ccccc4Oc4ccccc43)cc2)cc1. The van der Waals surface area contributed by atoms with Crippen molar-refractivity contribution in [3.8, 4) is 56.4 Å². The van der Waals surface area contributed by atoms with Gasteiger partial charge >= 0.3 is 0 Å². The van der Waals surface area contributed by atoms with Crippen LogP contribution in [0.4, 0.5) is 34.1 Å². The molecule has 97 heavy (non-hydrogen) atoms. The van der Waals surface area contributed by atoms with E-state index < -0.39 is 16.2 Å². The van der Waals surface area contributed by atoms with Crippen LogP contribution in [0.2, 0.25) is 0 Å². The Balaban J connectivity index is 0.742. The molecular weight excluding hydrogens is 1180 g/mol. The van der Waals surface area contributed by atoms with E-state index in [4.69, 9.17) is 9.47 Å². The highest BCUT2D eigenvalue weighted by molar-refractivity contribution is 5.93. The van der Waals surface area contributed by atoms with Crippen LogP contribution in [0, 0.1) is 0 Å². The van der Waals surface area contributed by atoms with E-state index in [-0.39, 0.29) is 0 Å². The Morgan fingerprint density at radius 2 is 0.577 bits per heavy atom. The second kappa shape index (κ2) is 22.3. The molecule has 3 heterocycles. The lowest BCUT2D eigenvalue weighted by molar-refractivity contribution is 0.400. The van der Waals surface area contributed by atoms with E-state index in [0.29, 0.717) is 0 Å². The van der Waals surface area contributed by atoms with Crippen molar-refractivity contribution in [1.82, 2.24) is 0 Å². The summed E-state index contributed by atoms with van der Waals surface area (Å²) in [4.78, 5) is 4.81. The van der Waals surface area contributed by atoms with Gasteiger partial charge in [0.05, 0.1) is 33.3 Å². The maximum atomic E-state index is 7.33. The number of para-hydroxylation sites is 7. The molecule has 4 heteroatoms. The summed E-state index contributed by atoms with van der Waals surface area (Å²) in [5.74, 6) is 3.25. The van der Waals surface area contributed by atoms with Crippen LogP contribution >= 0.6 is 0 Å². The molecule has 2 spiro atoms. The highest BCUT2D eigenvalue weighted by Crippen LogP contribution is 2.67. The third-order valence-electron chi connectivity index (χ3n) is 20.9. The Labute approximate surface area is 565 Å². The zero-order valence-electron chi connectivity index (χ0n) is 53.0. The molecule has 0 bridgehead atoms. The van der Waals surface area contributed by atoms with Crippen molar-refractivity contribution in [3.63, 3.8) is 0 Å². The molecule has 3 aliphatic heterocycles. The van der Waals surface area contributed by atoms with Gasteiger partial charge in [-0.15, -0.1) is 0 Å². The van der Waals surface area contributed by atoms with Crippen LogP contribution in [0.25, 0.3) is 33.4 Å². The lowest BCUT2D eigenvalue weighted by Crippen LogP contribution is -2.47. The van der Waals surface area contributed by atoms with E-state index in [1.165, 1.54) is 55.9 Å². The average Bonchev–Trinajstić information content (AvgIpc) is 0.668. The summed E-state index contributed by atoms with van der Waals surface area (Å²) >= 11 is 0. The predicted octanol–water partition coefficient (Wildman–Crippen LogP) is 23.6. The Morgan fingerprint density at radius 3 is 1.12 bits per heavy atom. The van der Waals surface area contributed by atoms with Crippen molar-refractivity contribution in [2.45, 2.75) is 16.2 Å². The molecule has 4 nitrogen and oxygen atoms in total. The Hall–Kier alpha value is -12.5. The van der Waals surface area contributed by atoms with Gasteiger partial charge in [0.1, 0.15) is 17.2 Å². The molecule has 0 radical (unpaired) electrons. The van der Waals surface area contributed by atoms with E-state index in [1.807, 2.05) is 0 Å². The second-order valence-corrected chi connectivity index (χ2v) is 25.7. The minimum absolute atomic E-state index is 0.663. The molecule has 0 saturated carbocycles. The van der Waals surface area contributed by atoms with Gasteiger partial charge in [0.25, 0.3) is 0 Å². The number of benzene rings is 15. The fourth-order valence-electron chi connectivity index (χ4n) is 17.0. The van der Waals surface area contributed by atoms with Gasteiger partial charge in [0, 0.05) is 39.3 Å². The van der Waals surface area contributed by atoms with Crippen LogP contribution in [0.3, 0.4) is 0 Å². The molecule has 0 saturated heterocycles. The quantitative estimate of drug-likeness (QED) is 0.144. The van der Waals surface area contributed by atoms with Gasteiger partial charge in [-0.3, -0.25) is 0 Å². The molecule has 15 aromatic rings. The van der Waals surface area contributed by atoms with Crippen LogP contribution in [0.1, 0.15) is 66.8 Å². The zero-order valence-corrected chi connectivity index (χ0v) is 53.0. The predicted molar refractivity (Wildman–Crippen MR) is 394 cm³/mol. The third kappa shape index (κ3) is 8.30. The Bertz CT molecular complexity index is 5390. The molecule has 0 unspecified atom stereocenters. The number of hydrogen-bond donors (Lipinski definition) is 0. The van der Waals surface area contributed by atoms with Gasteiger partial charge in [-0.05, 0) is 163 Å². The summed E-state index contributed by atoms with van der Waals surface area (Å²) in [7, 11) is 0. The molecule has 4 aliphatic rings. The fourth-order valence-corrected chi connectivity index (χ4v) is 17.0. The van der Waals surface area contributed by atoms with E-state index in [0.717, 1.165) is 101 Å². The molecule has 0 fully saturated rings. The van der Waals surface area contributed by atoms with Gasteiger partial charge in [-0.1, -0.05) is 291 Å². The smallest absolute Gasteiger partial charge is 0.156 e. The topological polar surface area (TPSA) is 24.9 Å². The first-order chi connectivity index (χ1) is 48.1. The van der Waals surface area contributed by atoms with Crippen LogP contribution in [-0.4, -0.2) is 0 Å². The van der Waals surface area contributed by atoms with Crippen LogP contribution in [0.5, 0.6) is 23.0 Å². The van der Waals surface area contributed by atoms with Gasteiger partial charge < -0.3 is 19.3 Å². The van der Waals surface area contributed by atoms with E-state index >= 15 is 0 Å². The van der Waals surface area contributed by atoms with E-state index in [9.17, 15) is 0 Å². The minimum Gasteiger partial charge on any atom is -0.457 e. The minimum atomic E-state index is -0.750. The normalized spacial score (nSPS) is 14.2. The fraction of sp³-hybridized carbons (Fsp3) is 0.0323. The number of rotatable bonds is 9. The lowest BCUT2D eigenvalue weighted by Gasteiger charge is -2.54. The molecular formula is C93H62N2O2. The lowest BCUT2D eigenvalue weighted by atomic mass is 9.49. The third-order valence-corrected chi connectivity index (χ3v) is 20.9. The molecule has 0 atom stereocenters. The summed E-state index contributed by atoms with van der Waals surface area (Å²) in [6.45, 7) is 0. The van der Waals surface area contributed by atoms with Crippen LogP contribution < -0.4 is 19.3 Å². The van der Waals surface area contributed by atoms with Crippen molar-refractivity contribution in [2.24, 2.45) is 0 Å². The molecule has 19 rings (SSSR count). The molecule has 15 aromatic carbocycles. The first kappa shape index (κ1) is 56.1. The van der Waals surface area contributed by atoms with Gasteiger partial charge in [0.15, 0.2) is 5.75 Å². The number of nitrogens with zero attached hydrogens (tertiary/aromatic N) is 2. The highest BCUT2D eigenvalue weighted by Gasteiger charge is 2.57. The molecule has 1 aliphatic carbocycles. The second-order valence-electron chi connectivity index (χ2n) is 25.7. The number of ether oxygens (including phenoxy) is 2.